The third-order valence-electron chi connectivity index (χ3n) is 2.34. The molecule has 1 amide bonds. The van der Waals surface area contributed by atoms with Crippen molar-refractivity contribution in [1.82, 2.24) is 5.32 Å². The number of aliphatic hydroxyl groups excluding tert-OH is 1. The van der Waals surface area contributed by atoms with Gasteiger partial charge in [0.25, 0.3) is 5.91 Å². The fraction of sp³-hybridized carbons (Fsp3) is 0.214. The fourth-order valence-corrected chi connectivity index (χ4v) is 3.12. The average molecular weight is 291 g/mol. The van der Waals surface area contributed by atoms with Gasteiger partial charge in [0.2, 0.25) is 0 Å². The maximum absolute atomic E-state index is 11.9. The lowest BCUT2D eigenvalue weighted by Crippen LogP contribution is -2.21. The zero-order chi connectivity index (χ0) is 13.7. The quantitative estimate of drug-likeness (QED) is 0.853. The molecule has 2 aromatic rings. The van der Waals surface area contributed by atoms with Crippen molar-refractivity contribution >= 4 is 28.6 Å². The highest BCUT2D eigenvalue weighted by Gasteiger charge is 2.08. The first kappa shape index (κ1) is 13.8. The Kier molecular flexibility index (Phi) is 4.74. The molecule has 2 rings (SSSR count). The summed E-state index contributed by atoms with van der Waals surface area (Å²) in [5, 5.41) is 11.5. The van der Waals surface area contributed by atoms with Crippen LogP contribution in [0.15, 0.2) is 24.3 Å². The first-order valence-electron chi connectivity index (χ1n) is 5.72. The maximum Gasteiger partial charge on any atom is 0.261 e. The third kappa shape index (κ3) is 3.93. The van der Waals surface area contributed by atoms with Crippen molar-refractivity contribution in [3.8, 4) is 11.8 Å². The standard InChI is InChI=1S/C14H13NO2S2/c1-10-4-5-12(18-10)9-15-14(17)13-7-6-11(19-13)3-2-8-16/h4-7,16H,8-9H2,1H3,(H,15,17). The van der Waals surface area contributed by atoms with Crippen LogP contribution >= 0.6 is 22.7 Å². The van der Waals surface area contributed by atoms with Crippen molar-refractivity contribution in [2.45, 2.75) is 13.5 Å². The molecule has 0 aliphatic rings. The molecule has 0 radical (unpaired) electrons. The lowest BCUT2D eigenvalue weighted by atomic mass is 10.4. The Hall–Kier alpha value is -1.61. The van der Waals surface area contributed by atoms with E-state index in [1.807, 2.05) is 19.1 Å². The molecule has 98 valence electrons. The minimum Gasteiger partial charge on any atom is -0.384 e. The number of aryl methyl sites for hydroxylation is 1. The fourth-order valence-electron chi connectivity index (χ4n) is 1.49. The smallest absolute Gasteiger partial charge is 0.261 e. The zero-order valence-corrected chi connectivity index (χ0v) is 12.0. The van der Waals surface area contributed by atoms with E-state index in [9.17, 15) is 4.79 Å². The van der Waals surface area contributed by atoms with E-state index >= 15 is 0 Å². The van der Waals surface area contributed by atoms with E-state index in [1.54, 1.807) is 23.5 Å². The number of hydrogen-bond donors (Lipinski definition) is 2. The molecule has 0 bridgehead atoms. The maximum atomic E-state index is 11.9. The molecule has 0 unspecified atom stereocenters. The van der Waals surface area contributed by atoms with Crippen molar-refractivity contribution in [3.05, 3.63) is 43.8 Å². The second kappa shape index (κ2) is 6.53. The van der Waals surface area contributed by atoms with E-state index in [-0.39, 0.29) is 12.5 Å². The Morgan fingerprint density at radius 2 is 2.16 bits per heavy atom. The summed E-state index contributed by atoms with van der Waals surface area (Å²) in [6.07, 6.45) is 0. The van der Waals surface area contributed by atoms with Crippen LogP contribution in [0, 0.1) is 18.8 Å². The van der Waals surface area contributed by atoms with Crippen LogP contribution in [-0.2, 0) is 6.54 Å². The summed E-state index contributed by atoms with van der Waals surface area (Å²) < 4.78 is 0. The minimum absolute atomic E-state index is 0.0897. The van der Waals surface area contributed by atoms with E-state index in [1.165, 1.54) is 16.2 Å². The van der Waals surface area contributed by atoms with Gasteiger partial charge in [0.05, 0.1) is 16.3 Å². The predicted molar refractivity (Wildman–Crippen MR) is 78.5 cm³/mol. The van der Waals surface area contributed by atoms with Gasteiger partial charge in [0.15, 0.2) is 0 Å². The molecule has 0 atom stereocenters. The van der Waals surface area contributed by atoms with Gasteiger partial charge < -0.3 is 10.4 Å². The summed E-state index contributed by atoms with van der Waals surface area (Å²) in [6, 6.07) is 7.60. The molecule has 0 spiro atoms. The number of rotatable bonds is 3. The predicted octanol–water partition coefficient (Wildman–Crippen LogP) is 2.39. The van der Waals surface area contributed by atoms with E-state index < -0.39 is 0 Å². The van der Waals surface area contributed by atoms with Crippen LogP contribution in [0.25, 0.3) is 0 Å². The Bertz CT molecular complexity index is 631. The summed E-state index contributed by atoms with van der Waals surface area (Å²) in [5.74, 6) is 5.26. The normalized spacial score (nSPS) is 9.79. The number of carbonyl (C=O) groups excluding carboxylic acids is 1. The molecule has 2 heterocycles. The largest absolute Gasteiger partial charge is 0.384 e. The molecule has 0 aromatic carbocycles. The highest BCUT2D eigenvalue weighted by Crippen LogP contribution is 2.17. The lowest BCUT2D eigenvalue weighted by molar-refractivity contribution is 0.0955. The topological polar surface area (TPSA) is 49.3 Å². The van der Waals surface area contributed by atoms with Gasteiger partial charge >= 0.3 is 0 Å². The highest BCUT2D eigenvalue weighted by molar-refractivity contribution is 7.14. The summed E-state index contributed by atoms with van der Waals surface area (Å²) in [5.41, 5.74) is 0. The number of aliphatic hydroxyl groups is 1. The summed E-state index contributed by atoms with van der Waals surface area (Å²) in [6.45, 7) is 2.42. The Labute approximate surface area is 119 Å². The molecule has 0 saturated heterocycles. The second-order valence-corrected chi connectivity index (χ2v) is 6.28. The van der Waals surface area contributed by atoms with Crippen LogP contribution in [0.3, 0.4) is 0 Å². The van der Waals surface area contributed by atoms with Crippen LogP contribution in [0.1, 0.15) is 24.3 Å². The number of thiophene rings is 2. The van der Waals surface area contributed by atoms with E-state index in [2.05, 4.69) is 17.2 Å². The molecule has 2 aromatic heterocycles. The average Bonchev–Trinajstić information content (AvgIpc) is 3.02. The monoisotopic (exact) mass is 291 g/mol. The van der Waals surface area contributed by atoms with Crippen molar-refractivity contribution in [3.63, 3.8) is 0 Å². The number of nitrogens with one attached hydrogen (secondary N) is 1. The van der Waals surface area contributed by atoms with E-state index in [0.717, 1.165) is 9.75 Å². The highest BCUT2D eigenvalue weighted by atomic mass is 32.1. The molecule has 0 fully saturated rings. The zero-order valence-electron chi connectivity index (χ0n) is 10.4. The van der Waals surface area contributed by atoms with Gasteiger partial charge in [-0.2, -0.15) is 0 Å². The van der Waals surface area contributed by atoms with Gasteiger partial charge in [-0.15, -0.1) is 22.7 Å². The summed E-state index contributed by atoms with van der Waals surface area (Å²) in [4.78, 5) is 15.7. The molecular formula is C14H13NO2S2. The molecule has 19 heavy (non-hydrogen) atoms. The molecule has 0 aliphatic heterocycles. The van der Waals surface area contributed by atoms with Gasteiger partial charge in [-0.05, 0) is 31.2 Å². The molecule has 0 saturated carbocycles. The lowest BCUT2D eigenvalue weighted by Gasteiger charge is -2.00. The Balaban J connectivity index is 1.94. The first-order valence-corrected chi connectivity index (χ1v) is 7.35. The minimum atomic E-state index is -0.169. The SMILES string of the molecule is Cc1ccc(CNC(=O)c2ccc(C#CCO)s2)s1. The van der Waals surface area contributed by atoms with Gasteiger partial charge in [-0.25, -0.2) is 0 Å². The number of carbonyl (C=O) groups is 1. The van der Waals surface area contributed by atoms with Crippen LogP contribution in [-0.4, -0.2) is 17.6 Å². The first-order chi connectivity index (χ1) is 9.19. The van der Waals surface area contributed by atoms with Crippen molar-refractivity contribution in [2.75, 3.05) is 6.61 Å². The van der Waals surface area contributed by atoms with Crippen LogP contribution < -0.4 is 5.32 Å². The third-order valence-corrected chi connectivity index (χ3v) is 4.34. The summed E-state index contributed by atoms with van der Waals surface area (Å²) in [7, 11) is 0. The summed E-state index contributed by atoms with van der Waals surface area (Å²) >= 11 is 3.01. The van der Waals surface area contributed by atoms with Gasteiger partial charge in [-0.3, -0.25) is 4.79 Å². The van der Waals surface area contributed by atoms with Crippen LogP contribution in [0.2, 0.25) is 0 Å². The van der Waals surface area contributed by atoms with E-state index in [4.69, 9.17) is 5.11 Å². The van der Waals surface area contributed by atoms with Crippen molar-refractivity contribution in [2.24, 2.45) is 0 Å². The second-order valence-electron chi connectivity index (χ2n) is 3.82. The van der Waals surface area contributed by atoms with Crippen molar-refractivity contribution in [1.29, 1.82) is 0 Å². The number of amides is 1. The Morgan fingerprint density at radius 1 is 1.32 bits per heavy atom. The van der Waals surface area contributed by atoms with Gasteiger partial charge in [-0.1, -0.05) is 11.8 Å². The number of hydrogen-bond acceptors (Lipinski definition) is 4. The molecule has 0 aliphatic carbocycles. The van der Waals surface area contributed by atoms with Gasteiger partial charge in [0.1, 0.15) is 6.61 Å². The van der Waals surface area contributed by atoms with E-state index in [0.29, 0.717) is 11.4 Å². The Morgan fingerprint density at radius 3 is 2.84 bits per heavy atom. The molecular weight excluding hydrogens is 278 g/mol. The molecule has 2 N–H and O–H groups in total. The van der Waals surface area contributed by atoms with Crippen LogP contribution in [0.5, 0.6) is 0 Å². The van der Waals surface area contributed by atoms with Gasteiger partial charge in [0, 0.05) is 9.75 Å². The molecule has 5 heteroatoms. The molecule has 3 nitrogen and oxygen atoms in total. The van der Waals surface area contributed by atoms with Crippen molar-refractivity contribution < 1.29 is 9.90 Å². The van der Waals surface area contributed by atoms with Crippen LogP contribution in [0.4, 0.5) is 0 Å².